The van der Waals surface area contributed by atoms with Gasteiger partial charge in [0.15, 0.2) is 15.7 Å². The first-order valence-corrected chi connectivity index (χ1v) is 9.53. The molecule has 3 N–H and O–H groups in total. The molecule has 1 aromatic carbocycles. The summed E-state index contributed by atoms with van der Waals surface area (Å²) in [4.78, 5) is 15.3. The quantitative estimate of drug-likeness (QED) is 0.724. The molecule has 9 nitrogen and oxygen atoms in total. The van der Waals surface area contributed by atoms with Crippen molar-refractivity contribution in [3.63, 3.8) is 0 Å². The number of nitrogens with one attached hydrogen (secondary N) is 3. The number of hydrogen-bond acceptors (Lipinski definition) is 8. The summed E-state index contributed by atoms with van der Waals surface area (Å²) in [6.45, 7) is 1.44. The Hall–Kier alpha value is -2.75. The molecule has 10 heteroatoms. The van der Waals surface area contributed by atoms with Gasteiger partial charge in [-0.1, -0.05) is 0 Å². The second-order valence-electron chi connectivity index (χ2n) is 5.79. The van der Waals surface area contributed by atoms with E-state index in [4.69, 9.17) is 0 Å². The van der Waals surface area contributed by atoms with Crippen molar-refractivity contribution in [1.82, 2.24) is 15.2 Å². The fourth-order valence-electron chi connectivity index (χ4n) is 2.51. The van der Waals surface area contributed by atoms with Gasteiger partial charge < -0.3 is 16.0 Å². The monoisotopic (exact) mass is 362 g/mol. The third-order valence-corrected chi connectivity index (χ3v) is 5.37. The van der Waals surface area contributed by atoms with Crippen LogP contribution in [0.4, 0.5) is 23.1 Å². The molecule has 3 rings (SSSR count). The minimum Gasteiger partial charge on any atom is -0.365 e. The molecule has 1 atom stereocenters. The minimum absolute atomic E-state index is 0.102. The van der Waals surface area contributed by atoms with Gasteiger partial charge in [0.1, 0.15) is 0 Å². The summed E-state index contributed by atoms with van der Waals surface area (Å²) in [7, 11) is -2.96. The fourth-order valence-corrected chi connectivity index (χ4v) is 4.19. The zero-order valence-corrected chi connectivity index (χ0v) is 14.4. The van der Waals surface area contributed by atoms with Crippen LogP contribution >= 0.6 is 0 Å². The van der Waals surface area contributed by atoms with Crippen molar-refractivity contribution in [2.75, 3.05) is 27.5 Å². The van der Waals surface area contributed by atoms with Crippen molar-refractivity contribution in [2.24, 2.45) is 0 Å². The lowest BCUT2D eigenvalue weighted by Crippen LogP contribution is -2.21. The number of aromatic nitrogens is 3. The van der Waals surface area contributed by atoms with E-state index in [1.54, 1.807) is 24.3 Å². The first kappa shape index (κ1) is 17.1. The van der Waals surface area contributed by atoms with E-state index in [-0.39, 0.29) is 29.4 Å². The predicted octanol–water partition coefficient (Wildman–Crippen LogP) is 1.17. The van der Waals surface area contributed by atoms with E-state index in [1.165, 1.54) is 13.1 Å². The van der Waals surface area contributed by atoms with Gasteiger partial charge >= 0.3 is 0 Å². The summed E-state index contributed by atoms with van der Waals surface area (Å²) in [5.41, 5.74) is 1.42. The van der Waals surface area contributed by atoms with Crippen LogP contribution in [-0.2, 0) is 14.6 Å². The van der Waals surface area contributed by atoms with E-state index in [2.05, 4.69) is 31.1 Å². The largest absolute Gasteiger partial charge is 0.365 e. The topological polar surface area (TPSA) is 126 Å². The van der Waals surface area contributed by atoms with Gasteiger partial charge in [0.2, 0.25) is 11.9 Å². The van der Waals surface area contributed by atoms with Gasteiger partial charge in [0.05, 0.1) is 17.7 Å². The number of amides is 1. The molecule has 132 valence electrons. The van der Waals surface area contributed by atoms with E-state index in [0.717, 1.165) is 5.69 Å². The number of carbonyl (C=O) groups is 1. The van der Waals surface area contributed by atoms with Gasteiger partial charge in [-0.2, -0.15) is 10.1 Å². The standard InChI is InChI=1S/C15H18N6O3S/c1-10(22)17-11-2-4-12(5-3-11)19-15-20-14(8-16-21-15)18-13-6-7-25(23,24)9-13/h2-5,8,13H,6-7,9H2,1H3,(H,17,22)(H2,18,19,20,21). The molecule has 0 aliphatic carbocycles. The SMILES string of the molecule is CC(=O)Nc1ccc(Nc2nncc(NC3CCS(=O)(=O)C3)n2)cc1. The van der Waals surface area contributed by atoms with Crippen molar-refractivity contribution >= 4 is 38.9 Å². The van der Waals surface area contributed by atoms with Crippen LogP contribution in [0.3, 0.4) is 0 Å². The van der Waals surface area contributed by atoms with Crippen LogP contribution in [0.1, 0.15) is 13.3 Å². The zero-order chi connectivity index (χ0) is 17.9. The number of benzene rings is 1. The Morgan fingerprint density at radius 1 is 1.20 bits per heavy atom. The Balaban J connectivity index is 1.64. The highest BCUT2D eigenvalue weighted by atomic mass is 32.2. The average Bonchev–Trinajstić information content (AvgIpc) is 2.88. The highest BCUT2D eigenvalue weighted by Gasteiger charge is 2.28. The molecule has 2 heterocycles. The highest BCUT2D eigenvalue weighted by molar-refractivity contribution is 7.91. The average molecular weight is 362 g/mol. The summed E-state index contributed by atoms with van der Waals surface area (Å²) >= 11 is 0. The van der Waals surface area contributed by atoms with E-state index in [0.29, 0.717) is 17.9 Å². The molecule has 1 saturated heterocycles. The molecular weight excluding hydrogens is 344 g/mol. The molecule has 1 fully saturated rings. The maximum Gasteiger partial charge on any atom is 0.249 e. The molecule has 1 unspecified atom stereocenters. The van der Waals surface area contributed by atoms with Crippen LogP contribution in [-0.4, -0.2) is 47.1 Å². The first-order chi connectivity index (χ1) is 11.9. The number of anilines is 4. The Morgan fingerprint density at radius 2 is 1.92 bits per heavy atom. The summed E-state index contributed by atoms with van der Waals surface area (Å²) in [6, 6.07) is 6.90. The number of hydrogen-bond donors (Lipinski definition) is 3. The summed E-state index contributed by atoms with van der Waals surface area (Å²) in [6.07, 6.45) is 2.01. The molecule has 25 heavy (non-hydrogen) atoms. The van der Waals surface area contributed by atoms with Crippen LogP contribution in [0, 0.1) is 0 Å². The summed E-state index contributed by atoms with van der Waals surface area (Å²) < 4.78 is 23.0. The van der Waals surface area contributed by atoms with E-state index in [9.17, 15) is 13.2 Å². The molecule has 0 spiro atoms. The molecular formula is C15H18N6O3S. The van der Waals surface area contributed by atoms with Gasteiger partial charge in [-0.3, -0.25) is 4.79 Å². The number of nitrogens with zero attached hydrogens (tertiary/aromatic N) is 3. The molecule has 1 aliphatic rings. The van der Waals surface area contributed by atoms with Gasteiger partial charge in [-0.05, 0) is 30.7 Å². The zero-order valence-electron chi connectivity index (χ0n) is 13.6. The molecule has 1 aromatic heterocycles. The molecule has 0 bridgehead atoms. The van der Waals surface area contributed by atoms with Crippen LogP contribution in [0.2, 0.25) is 0 Å². The van der Waals surface area contributed by atoms with Crippen LogP contribution in [0.15, 0.2) is 30.5 Å². The first-order valence-electron chi connectivity index (χ1n) is 7.71. The second-order valence-corrected chi connectivity index (χ2v) is 8.02. The fraction of sp³-hybridized carbons (Fsp3) is 0.333. The van der Waals surface area contributed by atoms with Crippen molar-refractivity contribution in [3.05, 3.63) is 30.5 Å². The van der Waals surface area contributed by atoms with Gasteiger partial charge in [-0.15, -0.1) is 5.10 Å². The third-order valence-electron chi connectivity index (χ3n) is 3.60. The van der Waals surface area contributed by atoms with Crippen molar-refractivity contribution in [1.29, 1.82) is 0 Å². The minimum atomic E-state index is -2.96. The predicted molar refractivity (Wildman–Crippen MR) is 94.5 cm³/mol. The number of sulfone groups is 1. The summed E-state index contributed by atoms with van der Waals surface area (Å²) in [5, 5.41) is 16.5. The smallest absolute Gasteiger partial charge is 0.249 e. The molecule has 1 aliphatic heterocycles. The maximum absolute atomic E-state index is 11.5. The van der Waals surface area contributed by atoms with Crippen LogP contribution in [0.25, 0.3) is 0 Å². The lowest BCUT2D eigenvalue weighted by molar-refractivity contribution is -0.114. The van der Waals surface area contributed by atoms with E-state index >= 15 is 0 Å². The van der Waals surface area contributed by atoms with Gasteiger partial charge in [0, 0.05) is 24.3 Å². The van der Waals surface area contributed by atoms with Crippen LogP contribution in [0.5, 0.6) is 0 Å². The number of carbonyl (C=O) groups excluding carboxylic acids is 1. The van der Waals surface area contributed by atoms with Crippen LogP contribution < -0.4 is 16.0 Å². The third kappa shape index (κ3) is 4.86. The highest BCUT2D eigenvalue weighted by Crippen LogP contribution is 2.19. The normalized spacial score (nSPS) is 18.5. The van der Waals surface area contributed by atoms with E-state index < -0.39 is 9.84 Å². The van der Waals surface area contributed by atoms with Crippen molar-refractivity contribution < 1.29 is 13.2 Å². The molecule has 1 amide bonds. The molecule has 0 saturated carbocycles. The lowest BCUT2D eigenvalue weighted by atomic mass is 10.2. The van der Waals surface area contributed by atoms with E-state index in [1.807, 2.05) is 0 Å². The summed E-state index contributed by atoms with van der Waals surface area (Å²) in [5.74, 6) is 0.910. The Kier molecular flexibility index (Phi) is 4.79. The van der Waals surface area contributed by atoms with Gasteiger partial charge in [-0.25, -0.2) is 8.42 Å². The molecule has 0 radical (unpaired) electrons. The van der Waals surface area contributed by atoms with Crippen molar-refractivity contribution in [2.45, 2.75) is 19.4 Å². The lowest BCUT2D eigenvalue weighted by Gasteiger charge is -2.12. The molecule has 2 aromatic rings. The Morgan fingerprint density at radius 3 is 2.56 bits per heavy atom. The second kappa shape index (κ2) is 7.01. The van der Waals surface area contributed by atoms with Crippen molar-refractivity contribution in [3.8, 4) is 0 Å². The van der Waals surface area contributed by atoms with Gasteiger partial charge in [0.25, 0.3) is 0 Å². The Bertz CT molecular complexity index is 869. The number of rotatable bonds is 5. The Labute approximate surface area is 145 Å². The maximum atomic E-state index is 11.5.